The van der Waals surface area contributed by atoms with Crippen molar-refractivity contribution < 1.29 is 0 Å². The van der Waals surface area contributed by atoms with E-state index < -0.39 is 0 Å². The zero-order valence-electron chi connectivity index (χ0n) is 10.2. The Labute approximate surface area is 97.9 Å². The van der Waals surface area contributed by atoms with E-state index >= 15 is 0 Å². The Hall–Kier alpha value is -1.76. The molecule has 0 unspecified atom stereocenters. The number of hydrogen-bond acceptors (Lipinski definition) is 1. The summed E-state index contributed by atoms with van der Waals surface area (Å²) in [6.45, 7) is 6.02. The highest BCUT2D eigenvalue weighted by molar-refractivity contribution is 5.68. The minimum absolute atomic E-state index is 0.853. The van der Waals surface area contributed by atoms with Crippen molar-refractivity contribution >= 4 is 5.69 Å². The van der Waals surface area contributed by atoms with E-state index in [4.69, 9.17) is 5.73 Å². The number of benzene rings is 2. The van der Waals surface area contributed by atoms with Crippen molar-refractivity contribution in [3.8, 4) is 11.1 Å². The summed E-state index contributed by atoms with van der Waals surface area (Å²) in [5.74, 6) is 0. The summed E-state index contributed by atoms with van der Waals surface area (Å²) < 4.78 is 0. The Kier molecular flexibility index (Phi) is 4.59. The van der Waals surface area contributed by atoms with Crippen molar-refractivity contribution in [2.75, 3.05) is 5.73 Å². The van der Waals surface area contributed by atoms with Gasteiger partial charge in [0, 0.05) is 5.69 Å². The van der Waals surface area contributed by atoms with E-state index in [1.807, 2.05) is 45.0 Å². The van der Waals surface area contributed by atoms with Gasteiger partial charge in [-0.05, 0) is 29.7 Å². The fourth-order valence-electron chi connectivity index (χ4n) is 1.45. The summed E-state index contributed by atoms with van der Waals surface area (Å²) in [4.78, 5) is 0. The SMILES string of the molecule is CC.Cc1ccc(-c2ccccc2)cc1N. The molecule has 0 aliphatic heterocycles. The van der Waals surface area contributed by atoms with Crippen molar-refractivity contribution in [2.24, 2.45) is 0 Å². The predicted molar refractivity (Wildman–Crippen MR) is 72.4 cm³/mol. The maximum Gasteiger partial charge on any atom is 0.0349 e. The summed E-state index contributed by atoms with van der Waals surface area (Å²) >= 11 is 0. The first-order chi connectivity index (χ1) is 7.77. The molecule has 0 saturated carbocycles. The van der Waals surface area contributed by atoms with Gasteiger partial charge in [-0.15, -0.1) is 0 Å². The Morgan fingerprint density at radius 3 is 2.00 bits per heavy atom. The summed E-state index contributed by atoms with van der Waals surface area (Å²) in [5.41, 5.74) is 10.2. The molecule has 0 saturated heterocycles. The molecule has 0 bridgehead atoms. The van der Waals surface area contributed by atoms with Crippen LogP contribution in [0.4, 0.5) is 5.69 Å². The fraction of sp³-hybridized carbons (Fsp3) is 0.200. The van der Waals surface area contributed by atoms with Gasteiger partial charge in [-0.2, -0.15) is 0 Å². The number of anilines is 1. The lowest BCUT2D eigenvalue weighted by Gasteiger charge is -2.04. The molecule has 1 heteroatoms. The van der Waals surface area contributed by atoms with Crippen LogP contribution in [0.3, 0.4) is 0 Å². The number of hydrogen-bond donors (Lipinski definition) is 1. The van der Waals surface area contributed by atoms with Gasteiger partial charge in [0.05, 0.1) is 0 Å². The number of rotatable bonds is 1. The van der Waals surface area contributed by atoms with Crippen LogP contribution in [0, 0.1) is 6.92 Å². The van der Waals surface area contributed by atoms with Crippen LogP contribution in [-0.2, 0) is 0 Å². The second-order valence-corrected chi connectivity index (χ2v) is 3.44. The fourth-order valence-corrected chi connectivity index (χ4v) is 1.45. The van der Waals surface area contributed by atoms with Crippen molar-refractivity contribution in [3.63, 3.8) is 0 Å². The second-order valence-electron chi connectivity index (χ2n) is 3.44. The molecule has 0 heterocycles. The minimum Gasteiger partial charge on any atom is -0.398 e. The Balaban J connectivity index is 0.000000606. The average molecular weight is 213 g/mol. The number of nitrogen functional groups attached to an aromatic ring is 1. The first-order valence-corrected chi connectivity index (χ1v) is 5.69. The molecule has 0 aliphatic rings. The van der Waals surface area contributed by atoms with E-state index in [-0.39, 0.29) is 0 Å². The van der Waals surface area contributed by atoms with Gasteiger partial charge in [-0.25, -0.2) is 0 Å². The standard InChI is InChI=1S/C13H13N.C2H6/c1-10-7-8-12(9-13(10)14)11-5-3-2-4-6-11;1-2/h2-9H,14H2,1H3;1-2H3. The lowest BCUT2D eigenvalue weighted by molar-refractivity contribution is 1.47. The van der Waals surface area contributed by atoms with Gasteiger partial charge in [0.2, 0.25) is 0 Å². The van der Waals surface area contributed by atoms with Crippen molar-refractivity contribution in [1.82, 2.24) is 0 Å². The molecule has 0 fully saturated rings. The third-order valence-corrected chi connectivity index (χ3v) is 2.39. The molecule has 2 N–H and O–H groups in total. The predicted octanol–water partition coefficient (Wildman–Crippen LogP) is 4.27. The van der Waals surface area contributed by atoms with Crippen LogP contribution in [-0.4, -0.2) is 0 Å². The normalized spacial score (nSPS) is 9.19. The van der Waals surface area contributed by atoms with E-state index in [0.29, 0.717) is 0 Å². The van der Waals surface area contributed by atoms with Gasteiger partial charge in [-0.1, -0.05) is 56.3 Å². The van der Waals surface area contributed by atoms with Gasteiger partial charge in [0.15, 0.2) is 0 Å². The molecular formula is C15H19N. The number of aryl methyl sites for hydroxylation is 1. The molecule has 2 rings (SSSR count). The quantitative estimate of drug-likeness (QED) is 0.703. The highest BCUT2D eigenvalue weighted by atomic mass is 14.5. The molecule has 0 radical (unpaired) electrons. The van der Waals surface area contributed by atoms with Crippen molar-refractivity contribution in [3.05, 3.63) is 54.1 Å². The number of nitrogens with two attached hydrogens (primary N) is 1. The molecule has 2 aromatic rings. The van der Waals surface area contributed by atoms with Gasteiger partial charge in [0.25, 0.3) is 0 Å². The zero-order valence-corrected chi connectivity index (χ0v) is 10.2. The molecule has 0 amide bonds. The molecule has 0 aromatic heterocycles. The molecule has 2 aromatic carbocycles. The van der Waals surface area contributed by atoms with Crippen LogP contribution in [0.2, 0.25) is 0 Å². The van der Waals surface area contributed by atoms with Crippen LogP contribution >= 0.6 is 0 Å². The average Bonchev–Trinajstić information content (AvgIpc) is 2.36. The van der Waals surface area contributed by atoms with Crippen LogP contribution in [0.15, 0.2) is 48.5 Å². The summed E-state index contributed by atoms with van der Waals surface area (Å²) in [7, 11) is 0. The lowest BCUT2D eigenvalue weighted by atomic mass is 10.0. The maximum atomic E-state index is 5.86. The molecule has 0 atom stereocenters. The van der Waals surface area contributed by atoms with E-state index in [1.54, 1.807) is 0 Å². The Morgan fingerprint density at radius 2 is 1.44 bits per heavy atom. The molecule has 0 aliphatic carbocycles. The van der Waals surface area contributed by atoms with Crippen LogP contribution in [0.25, 0.3) is 11.1 Å². The van der Waals surface area contributed by atoms with Crippen LogP contribution in [0.5, 0.6) is 0 Å². The molecular weight excluding hydrogens is 194 g/mol. The molecule has 1 nitrogen and oxygen atoms in total. The van der Waals surface area contributed by atoms with Crippen molar-refractivity contribution in [2.45, 2.75) is 20.8 Å². The molecule has 0 spiro atoms. The third kappa shape index (κ3) is 2.86. The van der Waals surface area contributed by atoms with E-state index in [1.165, 1.54) is 11.1 Å². The topological polar surface area (TPSA) is 26.0 Å². The van der Waals surface area contributed by atoms with Crippen molar-refractivity contribution in [1.29, 1.82) is 0 Å². The van der Waals surface area contributed by atoms with E-state index in [2.05, 4.69) is 24.3 Å². The summed E-state index contributed by atoms with van der Waals surface area (Å²) in [6.07, 6.45) is 0. The van der Waals surface area contributed by atoms with E-state index in [9.17, 15) is 0 Å². The molecule has 16 heavy (non-hydrogen) atoms. The Bertz CT molecular complexity index is 432. The van der Waals surface area contributed by atoms with Gasteiger partial charge in [0.1, 0.15) is 0 Å². The van der Waals surface area contributed by atoms with Gasteiger partial charge in [-0.3, -0.25) is 0 Å². The second kappa shape index (κ2) is 5.96. The minimum atomic E-state index is 0.853. The van der Waals surface area contributed by atoms with E-state index in [0.717, 1.165) is 11.3 Å². The third-order valence-electron chi connectivity index (χ3n) is 2.39. The summed E-state index contributed by atoms with van der Waals surface area (Å²) in [5, 5.41) is 0. The lowest BCUT2D eigenvalue weighted by Crippen LogP contribution is -1.89. The Morgan fingerprint density at radius 1 is 0.812 bits per heavy atom. The first kappa shape index (κ1) is 12.3. The van der Waals surface area contributed by atoms with Crippen LogP contribution in [0.1, 0.15) is 19.4 Å². The van der Waals surface area contributed by atoms with Crippen LogP contribution < -0.4 is 5.73 Å². The van der Waals surface area contributed by atoms with Gasteiger partial charge >= 0.3 is 0 Å². The highest BCUT2D eigenvalue weighted by Gasteiger charge is 1.98. The maximum absolute atomic E-state index is 5.86. The summed E-state index contributed by atoms with van der Waals surface area (Å²) in [6, 6.07) is 16.4. The monoisotopic (exact) mass is 213 g/mol. The highest BCUT2D eigenvalue weighted by Crippen LogP contribution is 2.22. The van der Waals surface area contributed by atoms with Gasteiger partial charge < -0.3 is 5.73 Å². The molecule has 84 valence electrons. The smallest absolute Gasteiger partial charge is 0.0349 e. The largest absolute Gasteiger partial charge is 0.398 e. The first-order valence-electron chi connectivity index (χ1n) is 5.69. The zero-order chi connectivity index (χ0) is 12.0.